The molecule has 0 atom stereocenters. The predicted molar refractivity (Wildman–Crippen MR) is 135 cm³/mol. The number of rotatable bonds is 13. The molecule has 34 heavy (non-hydrogen) atoms. The number of anilines is 1. The third-order valence-electron chi connectivity index (χ3n) is 4.49. The van der Waals surface area contributed by atoms with Crippen molar-refractivity contribution >= 4 is 30.3 Å². The number of methoxy groups -OCH3 is 1. The second-order valence-electron chi connectivity index (χ2n) is 7.28. The van der Waals surface area contributed by atoms with Gasteiger partial charge in [0.05, 0.1) is 18.8 Å². The standard InChI is InChI=1S/C13H24N4O2.C10H12N4O/c1-4-5-7-17-13(16(2)11-18)9-12(15-17)10-14-6-8-19-3;11-9(10(12)15)14-7-13-6-8-4-2-1-3-5-8/h9,11,14H,4-8,10H2,1-3H3;1-5,7H,6H2,(H2,12,15)(H2,11,13,14). The number of nitrogens with two attached hydrogens (primary N) is 2. The minimum atomic E-state index is -0.749. The minimum absolute atomic E-state index is 0.244. The van der Waals surface area contributed by atoms with Crippen molar-refractivity contribution in [1.29, 1.82) is 0 Å². The number of benzene rings is 1. The molecule has 1 heterocycles. The number of ether oxygens (including phenoxy) is 1. The maximum absolute atomic E-state index is 10.9. The lowest BCUT2D eigenvalue weighted by Crippen LogP contribution is -2.30. The van der Waals surface area contributed by atoms with Crippen LogP contribution < -0.4 is 21.7 Å². The highest BCUT2D eigenvalue weighted by Gasteiger charge is 2.10. The highest BCUT2D eigenvalue weighted by atomic mass is 16.5. The lowest BCUT2D eigenvalue weighted by atomic mass is 10.2. The second-order valence-corrected chi connectivity index (χ2v) is 7.28. The second kappa shape index (κ2) is 17.0. The van der Waals surface area contributed by atoms with E-state index in [9.17, 15) is 9.59 Å². The zero-order chi connectivity index (χ0) is 25.2. The molecule has 0 bridgehead atoms. The molecule has 2 rings (SSSR count). The van der Waals surface area contributed by atoms with Crippen LogP contribution in [0.3, 0.4) is 0 Å². The van der Waals surface area contributed by atoms with E-state index in [1.54, 1.807) is 19.1 Å². The highest BCUT2D eigenvalue weighted by molar-refractivity contribution is 6.37. The Hall–Kier alpha value is -3.57. The van der Waals surface area contributed by atoms with Crippen LogP contribution in [0.25, 0.3) is 0 Å². The largest absolute Gasteiger partial charge is 0.383 e. The summed E-state index contributed by atoms with van der Waals surface area (Å²) in [6.07, 6.45) is 4.19. The molecule has 11 heteroatoms. The summed E-state index contributed by atoms with van der Waals surface area (Å²) in [6, 6.07) is 11.6. The van der Waals surface area contributed by atoms with Crippen molar-refractivity contribution in [2.24, 2.45) is 21.5 Å². The van der Waals surface area contributed by atoms with Gasteiger partial charge >= 0.3 is 0 Å². The number of primary amides is 1. The predicted octanol–water partition coefficient (Wildman–Crippen LogP) is 1.07. The number of hydrogen-bond acceptors (Lipinski definition) is 6. The molecule has 1 aromatic heterocycles. The molecule has 11 nitrogen and oxygen atoms in total. The summed E-state index contributed by atoms with van der Waals surface area (Å²) in [6.45, 7) is 5.62. The van der Waals surface area contributed by atoms with Crippen LogP contribution in [-0.4, -0.2) is 61.6 Å². The Morgan fingerprint density at radius 3 is 2.65 bits per heavy atom. The van der Waals surface area contributed by atoms with Gasteiger partial charge in [-0.05, 0) is 12.0 Å². The van der Waals surface area contributed by atoms with Crippen LogP contribution in [0.2, 0.25) is 0 Å². The fraction of sp³-hybridized carbons (Fsp3) is 0.435. The molecule has 0 aliphatic carbocycles. The van der Waals surface area contributed by atoms with Crippen LogP contribution in [-0.2, 0) is 34.0 Å². The smallest absolute Gasteiger partial charge is 0.283 e. The van der Waals surface area contributed by atoms with Crippen LogP contribution in [0.1, 0.15) is 31.0 Å². The molecule has 0 spiro atoms. The van der Waals surface area contributed by atoms with E-state index in [1.807, 2.05) is 41.1 Å². The van der Waals surface area contributed by atoms with E-state index in [0.717, 1.165) is 49.4 Å². The molecule has 2 aromatic rings. The van der Waals surface area contributed by atoms with Gasteiger partial charge in [-0.1, -0.05) is 43.7 Å². The normalized spacial score (nSPS) is 11.2. The number of unbranched alkanes of at least 4 members (excludes halogenated alkanes) is 1. The van der Waals surface area contributed by atoms with E-state index < -0.39 is 5.91 Å². The van der Waals surface area contributed by atoms with E-state index in [1.165, 1.54) is 6.34 Å². The summed E-state index contributed by atoms with van der Waals surface area (Å²) >= 11 is 0. The van der Waals surface area contributed by atoms with Gasteiger partial charge in [0.1, 0.15) is 12.2 Å². The monoisotopic (exact) mass is 472 g/mol. The van der Waals surface area contributed by atoms with Crippen molar-refractivity contribution in [3.63, 3.8) is 0 Å². The third kappa shape index (κ3) is 11.3. The third-order valence-corrected chi connectivity index (χ3v) is 4.49. The first-order valence-electron chi connectivity index (χ1n) is 11.0. The molecule has 0 radical (unpaired) electrons. The van der Waals surface area contributed by atoms with E-state index in [4.69, 9.17) is 16.2 Å². The Morgan fingerprint density at radius 2 is 2.03 bits per heavy atom. The van der Waals surface area contributed by atoms with Crippen LogP contribution in [0.15, 0.2) is 46.4 Å². The fourth-order valence-corrected chi connectivity index (χ4v) is 2.64. The van der Waals surface area contributed by atoms with Crippen molar-refractivity contribution in [2.75, 3.05) is 32.2 Å². The van der Waals surface area contributed by atoms with E-state index in [0.29, 0.717) is 19.7 Å². The van der Waals surface area contributed by atoms with Crippen LogP contribution in [0, 0.1) is 0 Å². The Labute approximate surface area is 200 Å². The Balaban J connectivity index is 0.000000350. The molecular weight excluding hydrogens is 436 g/mol. The van der Waals surface area contributed by atoms with Crippen LogP contribution in [0.5, 0.6) is 0 Å². The number of amidine groups is 1. The number of nitrogens with zero attached hydrogens (tertiary/aromatic N) is 5. The Morgan fingerprint density at radius 1 is 1.29 bits per heavy atom. The first-order valence-corrected chi connectivity index (χ1v) is 11.0. The summed E-state index contributed by atoms with van der Waals surface area (Å²) in [5.74, 6) is -0.153. The van der Waals surface area contributed by atoms with Gasteiger partial charge in [-0.25, -0.2) is 9.67 Å². The zero-order valence-electron chi connectivity index (χ0n) is 20.2. The van der Waals surface area contributed by atoms with E-state index >= 15 is 0 Å². The molecule has 0 aliphatic heterocycles. The molecule has 186 valence electrons. The van der Waals surface area contributed by atoms with Gasteiger partial charge in [-0.2, -0.15) is 5.10 Å². The molecule has 0 aliphatic rings. The molecule has 5 N–H and O–H groups in total. The number of hydrogen-bond donors (Lipinski definition) is 3. The number of aromatic nitrogens is 2. The van der Waals surface area contributed by atoms with Crippen molar-refractivity contribution < 1.29 is 14.3 Å². The molecule has 0 saturated heterocycles. The summed E-state index contributed by atoms with van der Waals surface area (Å²) in [5.41, 5.74) is 12.1. The summed E-state index contributed by atoms with van der Waals surface area (Å²) in [5, 5.41) is 7.78. The first-order chi connectivity index (χ1) is 16.4. The van der Waals surface area contributed by atoms with Gasteiger partial charge in [0.15, 0.2) is 5.84 Å². The van der Waals surface area contributed by atoms with E-state index in [2.05, 4.69) is 27.3 Å². The number of amides is 2. The number of nitrogens with one attached hydrogen (secondary N) is 1. The van der Waals surface area contributed by atoms with Gasteiger partial charge in [0, 0.05) is 39.9 Å². The van der Waals surface area contributed by atoms with Crippen LogP contribution in [0.4, 0.5) is 5.82 Å². The number of carbonyl (C=O) groups is 2. The molecule has 2 amide bonds. The average Bonchev–Trinajstić information content (AvgIpc) is 3.26. The van der Waals surface area contributed by atoms with Gasteiger partial charge in [-0.3, -0.25) is 14.6 Å². The van der Waals surface area contributed by atoms with Crippen LogP contribution >= 0.6 is 0 Å². The zero-order valence-corrected chi connectivity index (χ0v) is 20.2. The first kappa shape index (κ1) is 28.5. The Bertz CT molecular complexity index is 912. The molecule has 0 fully saturated rings. The maximum Gasteiger partial charge on any atom is 0.283 e. The SMILES string of the molecule is CCCCn1nc(CNCCOC)cc1N(C)C=O.NC(=O)C(N)=NC=NCc1ccccc1. The topological polar surface area (TPSA) is 153 Å². The average molecular weight is 473 g/mol. The molecule has 0 saturated carbocycles. The number of aryl methyl sites for hydroxylation is 1. The van der Waals surface area contributed by atoms with Crippen molar-refractivity contribution in [3.05, 3.63) is 47.7 Å². The van der Waals surface area contributed by atoms with Gasteiger partial charge in [-0.15, -0.1) is 0 Å². The molecule has 1 aromatic carbocycles. The minimum Gasteiger partial charge on any atom is -0.383 e. The van der Waals surface area contributed by atoms with Crippen molar-refractivity contribution in [1.82, 2.24) is 15.1 Å². The molecule has 0 unspecified atom stereocenters. The van der Waals surface area contributed by atoms with Crippen molar-refractivity contribution in [2.45, 2.75) is 39.4 Å². The number of carbonyl (C=O) groups excluding carboxylic acids is 2. The summed E-state index contributed by atoms with van der Waals surface area (Å²) in [4.78, 5) is 30.4. The molecular formula is C23H36N8O3. The Kier molecular flexibility index (Phi) is 14.2. The van der Waals surface area contributed by atoms with Gasteiger partial charge in [0.2, 0.25) is 6.41 Å². The lowest BCUT2D eigenvalue weighted by Gasteiger charge is -2.12. The van der Waals surface area contributed by atoms with Gasteiger partial charge < -0.3 is 26.4 Å². The number of aliphatic imine (C=N–C) groups is 2. The summed E-state index contributed by atoms with van der Waals surface area (Å²) in [7, 11) is 3.42. The lowest BCUT2D eigenvalue weighted by molar-refractivity contribution is -0.112. The maximum atomic E-state index is 10.9. The van der Waals surface area contributed by atoms with E-state index in [-0.39, 0.29) is 5.84 Å². The fourth-order valence-electron chi connectivity index (χ4n) is 2.64. The van der Waals surface area contributed by atoms with Crippen molar-refractivity contribution in [3.8, 4) is 0 Å². The highest BCUT2D eigenvalue weighted by Crippen LogP contribution is 2.15. The van der Waals surface area contributed by atoms with Gasteiger partial charge in [0.25, 0.3) is 5.91 Å². The quantitative estimate of drug-likeness (QED) is 0.171. The summed E-state index contributed by atoms with van der Waals surface area (Å²) < 4.78 is 6.87.